The van der Waals surface area contributed by atoms with Gasteiger partial charge in [-0.2, -0.15) is 0 Å². The highest BCUT2D eigenvalue weighted by atomic mass is 16.5. The zero-order chi connectivity index (χ0) is 28.4. The number of carbonyl (C=O) groups is 1. The van der Waals surface area contributed by atoms with Crippen molar-refractivity contribution in [3.8, 4) is 23.0 Å². The molecule has 0 amide bonds. The van der Waals surface area contributed by atoms with Crippen LogP contribution in [0.2, 0.25) is 0 Å². The summed E-state index contributed by atoms with van der Waals surface area (Å²) in [7, 11) is 1.47. The van der Waals surface area contributed by atoms with Crippen LogP contribution in [-0.2, 0) is 15.6 Å². The summed E-state index contributed by atoms with van der Waals surface area (Å²) in [6.45, 7) is 21.5. The Kier molecular flexibility index (Phi) is 8.84. The molecule has 0 unspecified atom stereocenters. The average Bonchev–Trinajstić information content (AvgIpc) is 2.70. The van der Waals surface area contributed by atoms with Gasteiger partial charge in [0.05, 0.1) is 7.11 Å². The number of hydrogen-bond acceptors (Lipinski definition) is 5. The third-order valence-corrected chi connectivity index (χ3v) is 6.33. The van der Waals surface area contributed by atoms with Crippen molar-refractivity contribution in [1.29, 1.82) is 0 Å². The summed E-state index contributed by atoms with van der Waals surface area (Å²) in [5.41, 5.74) is 1.63. The normalized spacial score (nSPS) is 13.2. The molecule has 0 aliphatic rings. The van der Waals surface area contributed by atoms with E-state index in [0.717, 1.165) is 24.0 Å². The lowest BCUT2D eigenvalue weighted by Crippen LogP contribution is -2.28. The lowest BCUT2D eigenvalue weighted by molar-refractivity contribution is -0.129. The molecule has 0 aliphatic heterocycles. The second-order valence-corrected chi connectivity index (χ2v) is 13.8. The highest BCUT2D eigenvalue weighted by molar-refractivity contribution is 5.89. The zero-order valence-corrected chi connectivity index (χ0v) is 24.6. The Labute approximate surface area is 223 Å². The first kappa shape index (κ1) is 30.3. The van der Waals surface area contributed by atoms with Crippen molar-refractivity contribution in [2.75, 3.05) is 7.11 Å². The molecule has 0 fully saturated rings. The molecule has 2 N–H and O–H groups in total. The lowest BCUT2D eigenvalue weighted by atomic mass is 9.69. The van der Waals surface area contributed by atoms with E-state index in [-0.39, 0.29) is 33.2 Å². The number of hydrogen-bond donors (Lipinski definition) is 2. The summed E-state index contributed by atoms with van der Waals surface area (Å²) < 4.78 is 11.1. The topological polar surface area (TPSA) is 76.0 Å². The molecule has 0 aromatic heterocycles. The van der Waals surface area contributed by atoms with E-state index < -0.39 is 5.97 Å². The van der Waals surface area contributed by atoms with Crippen molar-refractivity contribution in [3.63, 3.8) is 0 Å². The van der Waals surface area contributed by atoms with Crippen LogP contribution in [0.4, 0.5) is 0 Å². The van der Waals surface area contributed by atoms with Gasteiger partial charge in [-0.15, -0.1) is 0 Å². The number of methoxy groups -OCH3 is 1. The van der Waals surface area contributed by atoms with E-state index in [1.807, 2.05) is 6.07 Å². The molecule has 2 aromatic rings. The molecule has 2 aromatic carbocycles. The first-order valence-electron chi connectivity index (χ1n) is 12.9. The maximum absolute atomic E-state index is 13.0. The number of esters is 1. The van der Waals surface area contributed by atoms with Gasteiger partial charge in [0.15, 0.2) is 11.5 Å². The van der Waals surface area contributed by atoms with Gasteiger partial charge in [-0.3, -0.25) is 0 Å². The largest absolute Gasteiger partial charge is 0.508 e. The third-order valence-electron chi connectivity index (χ3n) is 6.33. The summed E-state index contributed by atoms with van der Waals surface area (Å²) in [6.07, 6.45) is 4.65. The van der Waals surface area contributed by atoms with Crippen LogP contribution < -0.4 is 9.47 Å². The van der Waals surface area contributed by atoms with Crippen LogP contribution in [0.25, 0.3) is 6.08 Å². The predicted octanol–water partition coefficient (Wildman–Crippen LogP) is 8.15. The molecule has 0 radical (unpaired) electrons. The quantitative estimate of drug-likeness (QED) is 0.213. The Morgan fingerprint density at radius 2 is 1.30 bits per heavy atom. The van der Waals surface area contributed by atoms with Gasteiger partial charge in [0.2, 0.25) is 0 Å². The standard InChI is InChI=1S/C32H46O5/c1-29(2,3)19-31(7,8)22-18-26(23(17-25(22)34)32(9,10)20-30(4,5)6)37-28(35)15-13-21-12-14-24(33)27(16-21)36-11/h12-18,33-34H,19-20H2,1-11H3/b15-13+. The van der Waals surface area contributed by atoms with E-state index in [9.17, 15) is 15.0 Å². The summed E-state index contributed by atoms with van der Waals surface area (Å²) >= 11 is 0. The molecular weight excluding hydrogens is 464 g/mol. The molecule has 2 rings (SSSR count). The van der Waals surface area contributed by atoms with Crippen molar-refractivity contribution in [2.24, 2.45) is 10.8 Å². The number of benzene rings is 2. The molecule has 37 heavy (non-hydrogen) atoms. The molecule has 0 saturated carbocycles. The zero-order valence-electron chi connectivity index (χ0n) is 24.6. The van der Waals surface area contributed by atoms with Crippen LogP contribution in [0.15, 0.2) is 36.4 Å². The minimum atomic E-state index is -0.523. The smallest absolute Gasteiger partial charge is 0.336 e. The maximum Gasteiger partial charge on any atom is 0.336 e. The van der Waals surface area contributed by atoms with E-state index in [0.29, 0.717) is 17.1 Å². The molecule has 5 heteroatoms. The maximum atomic E-state index is 13.0. The Morgan fingerprint density at radius 1 is 0.757 bits per heavy atom. The minimum absolute atomic E-state index is 0.0300. The van der Waals surface area contributed by atoms with Gasteiger partial charge < -0.3 is 19.7 Å². The highest BCUT2D eigenvalue weighted by Gasteiger charge is 2.35. The van der Waals surface area contributed by atoms with Gasteiger partial charge in [-0.1, -0.05) is 75.3 Å². The van der Waals surface area contributed by atoms with Crippen LogP contribution in [-0.4, -0.2) is 23.3 Å². The average molecular weight is 511 g/mol. The van der Waals surface area contributed by atoms with Gasteiger partial charge in [-0.25, -0.2) is 4.79 Å². The van der Waals surface area contributed by atoms with Crippen LogP contribution in [0.5, 0.6) is 23.0 Å². The Balaban J connectivity index is 2.53. The fourth-order valence-electron chi connectivity index (χ4n) is 5.67. The summed E-state index contributed by atoms with van der Waals surface area (Å²) in [6, 6.07) is 8.47. The lowest BCUT2D eigenvalue weighted by Gasteiger charge is -2.36. The van der Waals surface area contributed by atoms with Crippen LogP contribution in [0, 0.1) is 10.8 Å². The van der Waals surface area contributed by atoms with Crippen molar-refractivity contribution in [1.82, 2.24) is 0 Å². The van der Waals surface area contributed by atoms with Crippen molar-refractivity contribution >= 4 is 12.0 Å². The highest BCUT2D eigenvalue weighted by Crippen LogP contribution is 2.47. The van der Waals surface area contributed by atoms with Crippen molar-refractivity contribution < 1.29 is 24.5 Å². The second-order valence-electron chi connectivity index (χ2n) is 13.8. The van der Waals surface area contributed by atoms with Gasteiger partial charge in [0, 0.05) is 17.2 Å². The molecule has 0 atom stereocenters. The minimum Gasteiger partial charge on any atom is -0.508 e. The number of carbonyl (C=O) groups excluding carboxylic acids is 1. The summed E-state index contributed by atoms with van der Waals surface area (Å²) in [5, 5.41) is 21.0. The molecule has 0 aliphatic carbocycles. The van der Waals surface area contributed by atoms with Crippen molar-refractivity contribution in [3.05, 3.63) is 53.1 Å². The molecule has 0 bridgehead atoms. The van der Waals surface area contributed by atoms with Crippen LogP contribution in [0.1, 0.15) is 98.8 Å². The first-order chi connectivity index (χ1) is 16.7. The van der Waals surface area contributed by atoms with E-state index in [1.165, 1.54) is 19.3 Å². The number of phenolic OH excluding ortho intramolecular Hbond substituents is 2. The summed E-state index contributed by atoms with van der Waals surface area (Å²) in [4.78, 5) is 13.0. The Hall–Kier alpha value is -2.95. The molecular formula is C32H46O5. The number of ether oxygens (including phenoxy) is 2. The van der Waals surface area contributed by atoms with E-state index in [4.69, 9.17) is 9.47 Å². The van der Waals surface area contributed by atoms with E-state index in [2.05, 4.69) is 69.2 Å². The fourth-order valence-corrected chi connectivity index (χ4v) is 5.67. The monoisotopic (exact) mass is 510 g/mol. The summed E-state index contributed by atoms with van der Waals surface area (Å²) in [5.74, 6) is 0.512. The van der Waals surface area contributed by atoms with E-state index >= 15 is 0 Å². The number of aromatic hydroxyl groups is 2. The SMILES string of the molecule is COc1cc(/C=C/C(=O)Oc2cc(C(C)(C)CC(C)(C)C)c(O)cc2C(C)(C)CC(C)(C)C)ccc1O. The van der Waals surface area contributed by atoms with E-state index in [1.54, 1.807) is 24.3 Å². The number of phenols is 2. The third kappa shape index (κ3) is 8.55. The molecule has 204 valence electrons. The van der Waals surface area contributed by atoms with Gasteiger partial charge in [-0.05, 0) is 70.4 Å². The van der Waals surface area contributed by atoms with Crippen molar-refractivity contribution in [2.45, 2.75) is 92.9 Å². The second kappa shape index (κ2) is 10.8. The van der Waals surface area contributed by atoms with Gasteiger partial charge >= 0.3 is 5.97 Å². The fraction of sp³-hybridized carbons (Fsp3) is 0.531. The molecule has 0 saturated heterocycles. The van der Waals surface area contributed by atoms with Gasteiger partial charge in [0.25, 0.3) is 0 Å². The number of rotatable bonds is 8. The van der Waals surface area contributed by atoms with Gasteiger partial charge in [0.1, 0.15) is 11.5 Å². The molecule has 5 nitrogen and oxygen atoms in total. The Morgan fingerprint density at radius 3 is 1.81 bits per heavy atom. The predicted molar refractivity (Wildman–Crippen MR) is 152 cm³/mol. The molecule has 0 heterocycles. The van der Waals surface area contributed by atoms with Crippen LogP contribution >= 0.6 is 0 Å². The first-order valence-corrected chi connectivity index (χ1v) is 12.9. The molecule has 0 spiro atoms. The Bertz CT molecular complexity index is 1140. The van der Waals surface area contributed by atoms with Crippen LogP contribution in [0.3, 0.4) is 0 Å².